The van der Waals surface area contributed by atoms with Gasteiger partial charge in [0.05, 0.1) is 16.6 Å². The van der Waals surface area contributed by atoms with Crippen LogP contribution in [0.4, 0.5) is 5.69 Å². The highest BCUT2D eigenvalue weighted by molar-refractivity contribution is 7.25. The van der Waals surface area contributed by atoms with Crippen LogP contribution in [0.3, 0.4) is 0 Å². The Morgan fingerprint density at radius 1 is 1.28 bits per heavy atom. The van der Waals surface area contributed by atoms with Gasteiger partial charge in [-0.25, -0.2) is 9.97 Å². The summed E-state index contributed by atoms with van der Waals surface area (Å²) in [7, 11) is 3.97. The van der Waals surface area contributed by atoms with E-state index in [4.69, 9.17) is 0 Å². The minimum absolute atomic E-state index is 0.0434. The summed E-state index contributed by atoms with van der Waals surface area (Å²) in [6, 6.07) is 1.95. The summed E-state index contributed by atoms with van der Waals surface area (Å²) in [5.41, 5.74) is 2.57. The normalized spacial score (nSPS) is 12.6. The molecular formula is C19H22N4OS. The van der Waals surface area contributed by atoms with Crippen LogP contribution < -0.4 is 10.5 Å². The number of aromatic nitrogens is 3. The highest BCUT2D eigenvalue weighted by Crippen LogP contribution is 2.35. The lowest BCUT2D eigenvalue weighted by Gasteiger charge is -2.13. The first-order chi connectivity index (χ1) is 12.1. The summed E-state index contributed by atoms with van der Waals surface area (Å²) in [5, 5.41) is 0.946. The summed E-state index contributed by atoms with van der Waals surface area (Å²) >= 11 is 1.41. The average Bonchev–Trinajstić information content (AvgIpc) is 2.99. The largest absolute Gasteiger partial charge is 0.377 e. The Morgan fingerprint density at radius 2 is 2.08 bits per heavy atom. The third-order valence-corrected chi connectivity index (χ3v) is 5.03. The molecule has 0 N–H and O–H groups in total. The number of fused-ring (bicyclic) bond motifs is 3. The first-order valence-corrected chi connectivity index (χ1v) is 9.23. The van der Waals surface area contributed by atoms with Gasteiger partial charge < -0.3 is 4.90 Å². The van der Waals surface area contributed by atoms with E-state index in [0.717, 1.165) is 40.0 Å². The van der Waals surface area contributed by atoms with Crippen molar-refractivity contribution in [3.05, 3.63) is 47.2 Å². The maximum atomic E-state index is 13.1. The van der Waals surface area contributed by atoms with E-state index in [1.165, 1.54) is 11.3 Å². The molecule has 0 saturated heterocycles. The van der Waals surface area contributed by atoms with Crippen molar-refractivity contribution in [2.75, 3.05) is 19.0 Å². The molecule has 6 heteroatoms. The van der Waals surface area contributed by atoms with Gasteiger partial charge in [-0.05, 0) is 25.0 Å². The van der Waals surface area contributed by atoms with Gasteiger partial charge in [0.15, 0.2) is 0 Å². The number of anilines is 1. The number of allylic oxidation sites excluding steroid dienone is 4. The SMILES string of the molecule is CC/C=C\C(=C/CC)n1cnc2c(sc3nccc(N(C)C)c32)c1=O. The van der Waals surface area contributed by atoms with Crippen molar-refractivity contribution in [3.8, 4) is 0 Å². The zero-order valence-corrected chi connectivity index (χ0v) is 15.8. The molecule has 0 aliphatic rings. The van der Waals surface area contributed by atoms with E-state index < -0.39 is 0 Å². The molecule has 3 rings (SSSR count). The van der Waals surface area contributed by atoms with Crippen molar-refractivity contribution in [2.24, 2.45) is 0 Å². The Kier molecular flexibility index (Phi) is 4.99. The van der Waals surface area contributed by atoms with Crippen LogP contribution >= 0.6 is 11.3 Å². The van der Waals surface area contributed by atoms with Gasteiger partial charge in [0, 0.05) is 26.0 Å². The second kappa shape index (κ2) is 7.19. The Bertz CT molecular complexity index is 1030. The van der Waals surface area contributed by atoms with Gasteiger partial charge in [0.1, 0.15) is 15.9 Å². The lowest BCUT2D eigenvalue weighted by molar-refractivity contribution is 0.988. The number of hydrogen-bond acceptors (Lipinski definition) is 5. The molecule has 0 saturated carbocycles. The van der Waals surface area contributed by atoms with Crippen LogP contribution in [-0.2, 0) is 0 Å². The topological polar surface area (TPSA) is 51.0 Å². The molecular weight excluding hydrogens is 332 g/mol. The maximum Gasteiger partial charge on any atom is 0.275 e. The molecule has 3 heterocycles. The van der Waals surface area contributed by atoms with E-state index in [-0.39, 0.29) is 5.56 Å². The average molecular weight is 354 g/mol. The quantitative estimate of drug-likeness (QED) is 0.641. The van der Waals surface area contributed by atoms with Crippen LogP contribution in [0.5, 0.6) is 0 Å². The summed E-state index contributed by atoms with van der Waals surface area (Å²) < 4.78 is 2.27. The monoisotopic (exact) mass is 354 g/mol. The second-order valence-electron chi connectivity index (χ2n) is 5.95. The molecule has 0 radical (unpaired) electrons. The van der Waals surface area contributed by atoms with Gasteiger partial charge in [-0.3, -0.25) is 9.36 Å². The Labute approximate surface area is 150 Å². The molecule has 0 atom stereocenters. The van der Waals surface area contributed by atoms with Crippen LogP contribution in [0.15, 0.2) is 41.6 Å². The van der Waals surface area contributed by atoms with Gasteiger partial charge in [0.2, 0.25) is 0 Å². The maximum absolute atomic E-state index is 13.1. The predicted octanol–water partition coefficient (Wildman–Crippen LogP) is 4.29. The highest BCUT2D eigenvalue weighted by atomic mass is 32.1. The van der Waals surface area contributed by atoms with Crippen molar-refractivity contribution >= 4 is 43.2 Å². The van der Waals surface area contributed by atoms with E-state index >= 15 is 0 Å². The number of thiophene rings is 1. The standard InChI is InChI=1S/C19H22N4OS/c1-5-7-9-13(8-6-2)23-12-21-16-15-14(22(3)4)10-11-20-18(15)25-17(16)19(23)24/h7-12H,5-6H2,1-4H3/b9-7-,13-8+. The number of pyridine rings is 1. The third-order valence-electron chi connectivity index (χ3n) is 3.96. The minimum Gasteiger partial charge on any atom is -0.377 e. The summed E-state index contributed by atoms with van der Waals surface area (Å²) in [6.07, 6.45) is 11.3. The summed E-state index contributed by atoms with van der Waals surface area (Å²) in [5.74, 6) is 0. The minimum atomic E-state index is -0.0434. The van der Waals surface area contributed by atoms with E-state index in [0.29, 0.717) is 4.70 Å². The Balaban J connectivity index is 2.30. The van der Waals surface area contributed by atoms with Gasteiger partial charge >= 0.3 is 0 Å². The van der Waals surface area contributed by atoms with E-state index in [2.05, 4.69) is 29.9 Å². The Hall–Kier alpha value is -2.47. The molecule has 3 aromatic rings. The molecule has 25 heavy (non-hydrogen) atoms. The van der Waals surface area contributed by atoms with Gasteiger partial charge in [-0.1, -0.05) is 26.0 Å². The van der Waals surface area contributed by atoms with Crippen molar-refractivity contribution in [3.63, 3.8) is 0 Å². The van der Waals surface area contributed by atoms with Gasteiger partial charge in [0.25, 0.3) is 5.56 Å². The number of nitrogens with zero attached hydrogens (tertiary/aromatic N) is 4. The zero-order chi connectivity index (χ0) is 18.0. The molecule has 0 bridgehead atoms. The van der Waals surface area contributed by atoms with E-state index in [1.807, 2.05) is 37.2 Å². The van der Waals surface area contributed by atoms with Crippen LogP contribution in [0.25, 0.3) is 26.1 Å². The summed E-state index contributed by atoms with van der Waals surface area (Å²) in [4.78, 5) is 25.0. The molecule has 0 fully saturated rings. The lowest BCUT2D eigenvalue weighted by Crippen LogP contribution is -2.18. The Morgan fingerprint density at radius 3 is 2.76 bits per heavy atom. The fourth-order valence-electron chi connectivity index (χ4n) is 2.79. The van der Waals surface area contributed by atoms with Crippen LogP contribution in [0.2, 0.25) is 0 Å². The third kappa shape index (κ3) is 3.09. The first-order valence-electron chi connectivity index (χ1n) is 8.41. The second-order valence-corrected chi connectivity index (χ2v) is 6.95. The van der Waals surface area contributed by atoms with Crippen LogP contribution in [0, 0.1) is 0 Å². The van der Waals surface area contributed by atoms with E-state index in [1.54, 1.807) is 17.1 Å². The molecule has 3 aromatic heterocycles. The molecule has 0 aliphatic heterocycles. The number of hydrogen-bond donors (Lipinski definition) is 0. The molecule has 130 valence electrons. The van der Waals surface area contributed by atoms with E-state index in [9.17, 15) is 4.79 Å². The van der Waals surface area contributed by atoms with Crippen molar-refractivity contribution in [1.29, 1.82) is 0 Å². The zero-order valence-electron chi connectivity index (χ0n) is 15.0. The smallest absolute Gasteiger partial charge is 0.275 e. The molecule has 0 aromatic carbocycles. The molecule has 0 aliphatic carbocycles. The molecule has 0 unspecified atom stereocenters. The fourth-order valence-corrected chi connectivity index (χ4v) is 3.84. The number of rotatable bonds is 5. The molecule has 0 spiro atoms. The summed E-state index contributed by atoms with van der Waals surface area (Å²) in [6.45, 7) is 4.13. The highest BCUT2D eigenvalue weighted by Gasteiger charge is 2.16. The molecule has 0 amide bonds. The van der Waals surface area contributed by atoms with Crippen LogP contribution in [-0.4, -0.2) is 28.6 Å². The molecule has 5 nitrogen and oxygen atoms in total. The lowest BCUT2D eigenvalue weighted by atomic mass is 10.2. The van der Waals surface area contributed by atoms with Gasteiger partial charge in [-0.2, -0.15) is 0 Å². The van der Waals surface area contributed by atoms with Crippen molar-refractivity contribution in [1.82, 2.24) is 14.5 Å². The first kappa shape index (κ1) is 17.4. The van der Waals surface area contributed by atoms with Crippen molar-refractivity contribution < 1.29 is 0 Å². The van der Waals surface area contributed by atoms with Crippen molar-refractivity contribution in [2.45, 2.75) is 26.7 Å². The fraction of sp³-hybridized carbons (Fsp3) is 0.316. The van der Waals surface area contributed by atoms with Crippen LogP contribution in [0.1, 0.15) is 26.7 Å². The predicted molar refractivity (Wildman–Crippen MR) is 108 cm³/mol. The van der Waals surface area contributed by atoms with Gasteiger partial charge in [-0.15, -0.1) is 11.3 Å².